The predicted molar refractivity (Wildman–Crippen MR) is 115 cm³/mol. The van der Waals surface area contributed by atoms with Gasteiger partial charge < -0.3 is 19.7 Å². The standard InChI is InChI=1S/C25H28O5/c1-29-24(30-2)16-13-21(14-17-24)25(18-15-22(26)23(27)28,19-9-5-3-6-10-19)20-11-7-4-8-12-20/h3-14,16,22,26H,15,17-18H2,1-2H3,(H,27,28). The molecule has 0 radical (unpaired) electrons. The highest BCUT2D eigenvalue weighted by atomic mass is 16.7. The molecule has 0 saturated heterocycles. The first-order chi connectivity index (χ1) is 14.5. The van der Waals surface area contributed by atoms with Crippen molar-refractivity contribution < 1.29 is 24.5 Å². The molecular formula is C25H28O5. The van der Waals surface area contributed by atoms with Gasteiger partial charge in [-0.05, 0) is 35.6 Å². The van der Waals surface area contributed by atoms with E-state index in [-0.39, 0.29) is 6.42 Å². The molecule has 2 N–H and O–H groups in total. The van der Waals surface area contributed by atoms with Crippen molar-refractivity contribution in [1.29, 1.82) is 0 Å². The number of aliphatic hydroxyl groups is 1. The van der Waals surface area contributed by atoms with Crippen LogP contribution in [0, 0.1) is 0 Å². The topological polar surface area (TPSA) is 76.0 Å². The van der Waals surface area contributed by atoms with Gasteiger partial charge in [0.05, 0.1) is 0 Å². The Bertz CT molecular complexity index is 858. The van der Waals surface area contributed by atoms with Crippen molar-refractivity contribution in [2.75, 3.05) is 14.2 Å². The molecule has 0 bridgehead atoms. The third-order valence-corrected chi connectivity index (χ3v) is 5.92. The quantitative estimate of drug-likeness (QED) is 0.612. The summed E-state index contributed by atoms with van der Waals surface area (Å²) in [6, 6.07) is 20.0. The van der Waals surface area contributed by atoms with Gasteiger partial charge in [-0.2, -0.15) is 0 Å². The van der Waals surface area contributed by atoms with E-state index in [2.05, 4.69) is 6.08 Å². The first-order valence-corrected chi connectivity index (χ1v) is 9.99. The Kier molecular flexibility index (Phi) is 6.87. The molecule has 1 atom stereocenters. The molecule has 0 amide bonds. The molecule has 3 rings (SSSR count). The van der Waals surface area contributed by atoms with Crippen LogP contribution in [0.5, 0.6) is 0 Å². The van der Waals surface area contributed by atoms with E-state index in [1.165, 1.54) is 0 Å². The van der Waals surface area contributed by atoms with Crippen LogP contribution in [0.15, 0.2) is 84.5 Å². The van der Waals surface area contributed by atoms with Crippen LogP contribution < -0.4 is 0 Å². The van der Waals surface area contributed by atoms with Crippen molar-refractivity contribution in [3.63, 3.8) is 0 Å². The molecule has 0 heterocycles. The highest BCUT2D eigenvalue weighted by Crippen LogP contribution is 2.46. The number of allylic oxidation sites excluding steroid dienone is 2. The molecule has 0 aromatic heterocycles. The zero-order chi connectivity index (χ0) is 21.6. The van der Waals surface area contributed by atoms with E-state index in [1.807, 2.05) is 72.8 Å². The van der Waals surface area contributed by atoms with Gasteiger partial charge >= 0.3 is 5.97 Å². The number of carboxylic acids is 1. The fourth-order valence-electron chi connectivity index (χ4n) is 4.16. The smallest absolute Gasteiger partial charge is 0.332 e. The van der Waals surface area contributed by atoms with Crippen LogP contribution >= 0.6 is 0 Å². The molecule has 2 aromatic rings. The Hall–Kier alpha value is -2.73. The fourth-order valence-corrected chi connectivity index (χ4v) is 4.16. The predicted octanol–water partition coefficient (Wildman–Crippen LogP) is 4.07. The molecular weight excluding hydrogens is 380 g/mol. The number of aliphatic hydroxyl groups excluding tert-OH is 1. The highest BCUT2D eigenvalue weighted by Gasteiger charge is 2.40. The molecule has 30 heavy (non-hydrogen) atoms. The van der Waals surface area contributed by atoms with E-state index in [0.717, 1.165) is 16.7 Å². The van der Waals surface area contributed by atoms with E-state index in [4.69, 9.17) is 9.47 Å². The lowest BCUT2D eigenvalue weighted by molar-refractivity contribution is -0.168. The van der Waals surface area contributed by atoms with Gasteiger partial charge in [-0.25, -0.2) is 4.79 Å². The normalized spacial score (nSPS) is 16.7. The summed E-state index contributed by atoms with van der Waals surface area (Å²) >= 11 is 0. The van der Waals surface area contributed by atoms with Crippen LogP contribution in [-0.4, -0.2) is 42.3 Å². The number of benzene rings is 2. The van der Waals surface area contributed by atoms with E-state index in [9.17, 15) is 15.0 Å². The summed E-state index contributed by atoms with van der Waals surface area (Å²) in [5.41, 5.74) is 2.46. The summed E-state index contributed by atoms with van der Waals surface area (Å²) in [4.78, 5) is 11.3. The zero-order valence-corrected chi connectivity index (χ0v) is 17.3. The van der Waals surface area contributed by atoms with Crippen LogP contribution in [0.25, 0.3) is 0 Å². The molecule has 1 unspecified atom stereocenters. The lowest BCUT2D eigenvalue weighted by Crippen LogP contribution is -2.37. The van der Waals surface area contributed by atoms with Gasteiger partial charge in [0.15, 0.2) is 11.9 Å². The Morgan fingerprint density at radius 1 is 1.03 bits per heavy atom. The van der Waals surface area contributed by atoms with Gasteiger partial charge in [0.1, 0.15) is 0 Å². The van der Waals surface area contributed by atoms with E-state index in [1.54, 1.807) is 14.2 Å². The third kappa shape index (κ3) is 4.24. The third-order valence-electron chi connectivity index (χ3n) is 5.92. The maximum absolute atomic E-state index is 11.3. The number of methoxy groups -OCH3 is 2. The summed E-state index contributed by atoms with van der Waals surface area (Å²) in [6.07, 6.45) is 5.61. The van der Waals surface area contributed by atoms with Gasteiger partial charge in [0.25, 0.3) is 0 Å². The Balaban J connectivity index is 2.15. The van der Waals surface area contributed by atoms with Crippen molar-refractivity contribution >= 4 is 5.97 Å². The summed E-state index contributed by atoms with van der Waals surface area (Å²) < 4.78 is 11.1. The van der Waals surface area contributed by atoms with Gasteiger partial charge in [-0.1, -0.05) is 72.8 Å². The number of hydrogen-bond acceptors (Lipinski definition) is 4. The molecule has 1 aliphatic rings. The second kappa shape index (κ2) is 9.39. The minimum atomic E-state index is -1.43. The Morgan fingerprint density at radius 2 is 1.57 bits per heavy atom. The molecule has 1 aliphatic carbocycles. The minimum absolute atomic E-state index is 0.115. The van der Waals surface area contributed by atoms with Crippen LogP contribution in [0.4, 0.5) is 0 Å². The first kappa shape index (κ1) is 22.0. The molecule has 0 fully saturated rings. The number of carboxylic acid groups (broad SMARTS) is 1. The maximum atomic E-state index is 11.3. The summed E-state index contributed by atoms with van der Waals surface area (Å²) in [6.45, 7) is 0. The average molecular weight is 408 g/mol. The van der Waals surface area contributed by atoms with Crippen molar-refractivity contribution in [1.82, 2.24) is 0 Å². The molecule has 0 saturated carbocycles. The van der Waals surface area contributed by atoms with Crippen molar-refractivity contribution in [2.24, 2.45) is 0 Å². The number of ether oxygens (including phenoxy) is 2. The number of carbonyl (C=O) groups is 1. The average Bonchev–Trinajstić information content (AvgIpc) is 2.81. The number of aliphatic carboxylic acids is 1. The molecule has 0 aliphatic heterocycles. The van der Waals surface area contributed by atoms with Crippen LogP contribution in [0.3, 0.4) is 0 Å². The van der Waals surface area contributed by atoms with Gasteiger partial charge in [0.2, 0.25) is 0 Å². The largest absolute Gasteiger partial charge is 0.479 e. The lowest BCUT2D eigenvalue weighted by Gasteiger charge is -2.40. The van der Waals surface area contributed by atoms with E-state index in [0.29, 0.717) is 12.8 Å². The number of rotatable bonds is 9. The lowest BCUT2D eigenvalue weighted by atomic mass is 9.64. The fraction of sp³-hybridized carbons (Fsp3) is 0.320. The molecule has 5 nitrogen and oxygen atoms in total. The molecule has 158 valence electrons. The highest BCUT2D eigenvalue weighted by molar-refractivity contribution is 5.72. The van der Waals surface area contributed by atoms with Gasteiger partial charge in [0, 0.05) is 26.1 Å². The Morgan fingerprint density at radius 3 is 1.97 bits per heavy atom. The van der Waals surface area contributed by atoms with Crippen molar-refractivity contribution in [3.8, 4) is 0 Å². The van der Waals surface area contributed by atoms with Crippen molar-refractivity contribution in [2.45, 2.75) is 36.6 Å². The second-order valence-electron chi connectivity index (χ2n) is 7.45. The first-order valence-electron chi connectivity index (χ1n) is 9.99. The van der Waals surface area contributed by atoms with E-state index >= 15 is 0 Å². The maximum Gasteiger partial charge on any atom is 0.332 e. The monoisotopic (exact) mass is 408 g/mol. The molecule has 2 aromatic carbocycles. The SMILES string of the molecule is COC1(OC)C=CC(C(CCC(O)C(=O)O)(c2ccccc2)c2ccccc2)=CC1. The Labute approximate surface area is 177 Å². The summed E-state index contributed by atoms with van der Waals surface area (Å²) in [5.74, 6) is -2.03. The minimum Gasteiger partial charge on any atom is -0.479 e. The van der Waals surface area contributed by atoms with Crippen molar-refractivity contribution in [3.05, 3.63) is 95.6 Å². The van der Waals surface area contributed by atoms with Gasteiger partial charge in [-0.3, -0.25) is 0 Å². The molecule has 5 heteroatoms. The van der Waals surface area contributed by atoms with Gasteiger partial charge in [-0.15, -0.1) is 0 Å². The number of hydrogen-bond donors (Lipinski definition) is 2. The van der Waals surface area contributed by atoms with Crippen LogP contribution in [0.1, 0.15) is 30.4 Å². The van der Waals surface area contributed by atoms with Crippen LogP contribution in [-0.2, 0) is 19.7 Å². The molecule has 0 spiro atoms. The summed E-state index contributed by atoms with van der Waals surface area (Å²) in [5, 5.41) is 19.3. The summed E-state index contributed by atoms with van der Waals surface area (Å²) in [7, 11) is 3.22. The van der Waals surface area contributed by atoms with E-state index < -0.39 is 23.3 Å². The van der Waals surface area contributed by atoms with Crippen LogP contribution in [0.2, 0.25) is 0 Å². The zero-order valence-electron chi connectivity index (χ0n) is 17.3. The second-order valence-corrected chi connectivity index (χ2v) is 7.45.